The van der Waals surface area contributed by atoms with E-state index < -0.39 is 0 Å². The average Bonchev–Trinajstić information content (AvgIpc) is 2.47. The summed E-state index contributed by atoms with van der Waals surface area (Å²) in [5.74, 6) is 0.200. The highest BCUT2D eigenvalue weighted by molar-refractivity contribution is 5.75. The molecule has 3 N–H and O–H groups in total. The van der Waals surface area contributed by atoms with Crippen molar-refractivity contribution in [3.05, 3.63) is 0 Å². The minimum Gasteiger partial charge on any atom is -0.355 e. The fraction of sp³-hybridized carbons (Fsp3) is 0.938. The summed E-state index contributed by atoms with van der Waals surface area (Å²) in [4.78, 5) is 16.5. The predicted octanol–water partition coefficient (Wildman–Crippen LogP) is 1.04. The number of carbonyl (C=O) groups is 1. The molecule has 0 radical (unpaired) electrons. The predicted molar refractivity (Wildman–Crippen MR) is 88.3 cm³/mol. The Kier molecular flexibility index (Phi) is 9.63. The standard InChI is InChI=1S/C16H34N4O/c1-19(2)15-8-12-20(13-9-15)14-11-18-16(21)7-5-3-4-6-10-17/h15H,3-14,17H2,1-2H3,(H,18,21). The van der Waals surface area contributed by atoms with Crippen molar-refractivity contribution in [3.63, 3.8) is 0 Å². The van der Waals surface area contributed by atoms with Gasteiger partial charge in [-0.15, -0.1) is 0 Å². The van der Waals surface area contributed by atoms with Crippen molar-refractivity contribution in [2.45, 2.75) is 51.0 Å². The second kappa shape index (κ2) is 11.0. The Hall–Kier alpha value is -0.650. The van der Waals surface area contributed by atoms with E-state index in [2.05, 4.69) is 29.2 Å². The van der Waals surface area contributed by atoms with E-state index in [1.54, 1.807) is 0 Å². The molecule has 1 rings (SSSR count). The van der Waals surface area contributed by atoms with Crippen LogP contribution in [-0.4, -0.2) is 68.6 Å². The molecule has 1 amide bonds. The topological polar surface area (TPSA) is 61.6 Å². The molecule has 0 unspecified atom stereocenters. The lowest BCUT2D eigenvalue weighted by Gasteiger charge is -2.35. The first kappa shape index (κ1) is 18.4. The van der Waals surface area contributed by atoms with Gasteiger partial charge in [0.1, 0.15) is 0 Å². The van der Waals surface area contributed by atoms with Gasteiger partial charge in [0.15, 0.2) is 0 Å². The highest BCUT2D eigenvalue weighted by Gasteiger charge is 2.19. The molecule has 0 aromatic carbocycles. The summed E-state index contributed by atoms with van der Waals surface area (Å²) in [5, 5.41) is 3.04. The number of piperidine rings is 1. The van der Waals surface area contributed by atoms with Crippen LogP contribution in [0.4, 0.5) is 0 Å². The molecule has 0 spiro atoms. The normalized spacial score (nSPS) is 17.3. The number of carbonyl (C=O) groups excluding carboxylic acids is 1. The Labute approximate surface area is 130 Å². The molecule has 1 aliphatic rings. The van der Waals surface area contributed by atoms with E-state index in [1.807, 2.05) is 0 Å². The van der Waals surface area contributed by atoms with Gasteiger partial charge in [0.05, 0.1) is 0 Å². The zero-order valence-corrected chi connectivity index (χ0v) is 13.9. The van der Waals surface area contributed by atoms with E-state index in [1.165, 1.54) is 12.8 Å². The summed E-state index contributed by atoms with van der Waals surface area (Å²) in [6.45, 7) is 4.83. The number of nitrogens with zero attached hydrogens (tertiary/aromatic N) is 2. The van der Waals surface area contributed by atoms with Gasteiger partial charge in [-0.1, -0.05) is 12.8 Å². The molecule has 1 fully saturated rings. The maximum absolute atomic E-state index is 11.7. The Balaban J connectivity index is 1.97. The Morgan fingerprint density at radius 1 is 1.19 bits per heavy atom. The number of hydrogen-bond donors (Lipinski definition) is 2. The maximum atomic E-state index is 11.7. The highest BCUT2D eigenvalue weighted by atomic mass is 16.1. The van der Waals surface area contributed by atoms with Crippen molar-refractivity contribution in [1.82, 2.24) is 15.1 Å². The molecule has 5 nitrogen and oxygen atoms in total. The molecule has 124 valence electrons. The number of nitrogens with two attached hydrogens (primary N) is 1. The molecule has 1 heterocycles. The second-order valence-electron chi connectivity index (χ2n) is 6.34. The zero-order valence-electron chi connectivity index (χ0n) is 13.9. The minimum absolute atomic E-state index is 0.200. The summed E-state index contributed by atoms with van der Waals surface area (Å²) < 4.78 is 0. The summed E-state index contributed by atoms with van der Waals surface area (Å²) in [6.07, 6.45) is 7.45. The van der Waals surface area contributed by atoms with Gasteiger partial charge in [-0.2, -0.15) is 0 Å². The van der Waals surface area contributed by atoms with Crippen molar-refractivity contribution in [2.75, 3.05) is 46.8 Å². The first-order chi connectivity index (χ1) is 10.1. The number of nitrogens with one attached hydrogen (secondary N) is 1. The number of likely N-dealkylation sites (tertiary alicyclic amines) is 1. The Bertz CT molecular complexity index is 275. The molecule has 21 heavy (non-hydrogen) atoms. The van der Waals surface area contributed by atoms with Gasteiger partial charge in [0.2, 0.25) is 5.91 Å². The minimum atomic E-state index is 0.200. The van der Waals surface area contributed by atoms with Crippen LogP contribution in [0, 0.1) is 0 Å². The van der Waals surface area contributed by atoms with Crippen LogP contribution in [0.25, 0.3) is 0 Å². The van der Waals surface area contributed by atoms with Crippen molar-refractivity contribution >= 4 is 5.91 Å². The van der Waals surface area contributed by atoms with Gasteiger partial charge < -0.3 is 20.9 Å². The summed E-state index contributed by atoms with van der Waals surface area (Å²) in [6, 6.07) is 0.726. The third kappa shape index (κ3) is 8.39. The first-order valence-electron chi connectivity index (χ1n) is 8.49. The molecule has 0 aliphatic carbocycles. The number of unbranched alkanes of at least 4 members (excludes halogenated alkanes) is 3. The molecular formula is C16H34N4O. The molecular weight excluding hydrogens is 264 g/mol. The third-order valence-corrected chi connectivity index (χ3v) is 4.40. The van der Waals surface area contributed by atoms with Crippen LogP contribution >= 0.6 is 0 Å². The monoisotopic (exact) mass is 298 g/mol. The largest absolute Gasteiger partial charge is 0.355 e. The SMILES string of the molecule is CN(C)C1CCN(CCNC(=O)CCCCCCN)CC1. The van der Waals surface area contributed by atoms with Crippen LogP contribution in [0.15, 0.2) is 0 Å². The summed E-state index contributed by atoms with van der Waals surface area (Å²) in [7, 11) is 4.32. The highest BCUT2D eigenvalue weighted by Crippen LogP contribution is 2.13. The van der Waals surface area contributed by atoms with E-state index in [4.69, 9.17) is 5.73 Å². The second-order valence-corrected chi connectivity index (χ2v) is 6.34. The molecule has 1 aliphatic heterocycles. The van der Waals surface area contributed by atoms with Gasteiger partial charge >= 0.3 is 0 Å². The quantitative estimate of drug-likeness (QED) is 0.592. The Morgan fingerprint density at radius 3 is 2.48 bits per heavy atom. The molecule has 1 saturated heterocycles. The van der Waals surface area contributed by atoms with Crippen molar-refractivity contribution in [1.29, 1.82) is 0 Å². The smallest absolute Gasteiger partial charge is 0.220 e. The van der Waals surface area contributed by atoms with Crippen LogP contribution in [-0.2, 0) is 4.79 Å². The van der Waals surface area contributed by atoms with Gasteiger partial charge in [-0.05, 0) is 59.4 Å². The van der Waals surface area contributed by atoms with Crippen LogP contribution in [0.1, 0.15) is 44.9 Å². The van der Waals surface area contributed by atoms with Gasteiger partial charge in [0.25, 0.3) is 0 Å². The fourth-order valence-electron chi connectivity index (χ4n) is 2.88. The maximum Gasteiger partial charge on any atom is 0.220 e. The van der Waals surface area contributed by atoms with Crippen LogP contribution in [0.3, 0.4) is 0 Å². The van der Waals surface area contributed by atoms with Crippen molar-refractivity contribution in [2.24, 2.45) is 5.73 Å². The van der Waals surface area contributed by atoms with Crippen molar-refractivity contribution in [3.8, 4) is 0 Å². The number of rotatable bonds is 10. The fourth-order valence-corrected chi connectivity index (χ4v) is 2.88. The van der Waals surface area contributed by atoms with E-state index in [-0.39, 0.29) is 5.91 Å². The van der Waals surface area contributed by atoms with E-state index in [0.717, 1.165) is 64.4 Å². The zero-order chi connectivity index (χ0) is 15.5. The molecule has 5 heteroatoms. The number of hydrogen-bond acceptors (Lipinski definition) is 4. The van der Waals surface area contributed by atoms with E-state index >= 15 is 0 Å². The van der Waals surface area contributed by atoms with Crippen molar-refractivity contribution < 1.29 is 4.79 Å². The van der Waals surface area contributed by atoms with Gasteiger partial charge in [-0.25, -0.2) is 0 Å². The number of amides is 1. The molecule has 0 aromatic heterocycles. The lowest BCUT2D eigenvalue weighted by Crippen LogP contribution is -2.44. The van der Waals surface area contributed by atoms with Gasteiger partial charge in [-0.3, -0.25) is 4.79 Å². The van der Waals surface area contributed by atoms with Crippen LogP contribution in [0.2, 0.25) is 0 Å². The first-order valence-corrected chi connectivity index (χ1v) is 8.49. The summed E-state index contributed by atoms with van der Waals surface area (Å²) in [5.41, 5.74) is 5.45. The summed E-state index contributed by atoms with van der Waals surface area (Å²) >= 11 is 0. The Morgan fingerprint density at radius 2 is 1.86 bits per heavy atom. The molecule has 0 saturated carbocycles. The van der Waals surface area contributed by atoms with Crippen LogP contribution < -0.4 is 11.1 Å². The third-order valence-electron chi connectivity index (χ3n) is 4.40. The molecule has 0 atom stereocenters. The lowest BCUT2D eigenvalue weighted by molar-refractivity contribution is -0.121. The van der Waals surface area contributed by atoms with Crippen LogP contribution in [0.5, 0.6) is 0 Å². The van der Waals surface area contributed by atoms with Gasteiger partial charge in [0, 0.05) is 25.6 Å². The lowest BCUT2D eigenvalue weighted by atomic mass is 10.0. The van der Waals surface area contributed by atoms with E-state index in [9.17, 15) is 4.79 Å². The van der Waals surface area contributed by atoms with E-state index in [0.29, 0.717) is 6.42 Å². The average molecular weight is 298 g/mol. The molecule has 0 aromatic rings. The molecule has 0 bridgehead atoms.